The van der Waals surface area contributed by atoms with Crippen molar-refractivity contribution in [3.63, 3.8) is 0 Å². The Morgan fingerprint density at radius 1 is 1.03 bits per heavy atom. The smallest absolute Gasteiger partial charge is 0.240 e. The number of benzene rings is 3. The third-order valence-electron chi connectivity index (χ3n) is 6.32. The average molecular weight is 427 g/mol. The van der Waals surface area contributed by atoms with Gasteiger partial charge in [-0.2, -0.15) is 5.10 Å². The van der Waals surface area contributed by atoms with E-state index in [1.807, 2.05) is 54.6 Å². The highest BCUT2D eigenvalue weighted by Gasteiger charge is 2.43. The Bertz CT molecular complexity index is 1160. The monoisotopic (exact) mass is 426 g/mol. The van der Waals surface area contributed by atoms with Crippen LogP contribution in [-0.2, 0) is 17.8 Å². The largest absolute Gasteiger partial charge is 0.497 e. The van der Waals surface area contributed by atoms with Crippen molar-refractivity contribution in [2.75, 3.05) is 7.11 Å². The normalized spacial score (nSPS) is 19.1. The molecule has 5 heteroatoms. The molecule has 2 atom stereocenters. The van der Waals surface area contributed by atoms with Crippen LogP contribution in [0.25, 0.3) is 0 Å². The number of ether oxygens (including phenoxy) is 2. The lowest BCUT2D eigenvalue weighted by Gasteiger charge is -2.29. The van der Waals surface area contributed by atoms with E-state index in [1.54, 1.807) is 19.0 Å². The Kier molecular flexibility index (Phi) is 5.39. The Morgan fingerprint density at radius 3 is 2.50 bits per heavy atom. The first-order valence-corrected chi connectivity index (χ1v) is 11.0. The fourth-order valence-electron chi connectivity index (χ4n) is 4.71. The third kappa shape index (κ3) is 3.75. The molecule has 3 aromatic carbocycles. The van der Waals surface area contributed by atoms with Crippen molar-refractivity contribution in [3.8, 4) is 11.5 Å². The molecule has 32 heavy (non-hydrogen) atoms. The number of methoxy groups -OCH3 is 1. The predicted octanol–water partition coefficient (Wildman–Crippen LogP) is 5.14. The van der Waals surface area contributed by atoms with Gasteiger partial charge in [-0.25, -0.2) is 5.01 Å². The zero-order chi connectivity index (χ0) is 22.1. The van der Waals surface area contributed by atoms with Crippen molar-refractivity contribution in [2.45, 2.75) is 32.4 Å². The Labute approximate surface area is 188 Å². The first-order valence-electron chi connectivity index (χ1n) is 11.0. The summed E-state index contributed by atoms with van der Waals surface area (Å²) in [4.78, 5) is 12.5. The first kappa shape index (κ1) is 20.3. The molecule has 5 rings (SSSR count). The van der Waals surface area contributed by atoms with Crippen molar-refractivity contribution in [2.24, 2.45) is 11.0 Å². The van der Waals surface area contributed by atoms with E-state index in [0.717, 1.165) is 46.7 Å². The van der Waals surface area contributed by atoms with E-state index in [0.29, 0.717) is 6.61 Å². The molecule has 0 N–H and O–H groups in total. The van der Waals surface area contributed by atoms with Crippen LogP contribution >= 0.6 is 0 Å². The maximum Gasteiger partial charge on any atom is 0.240 e. The fourth-order valence-corrected chi connectivity index (χ4v) is 4.71. The summed E-state index contributed by atoms with van der Waals surface area (Å²) in [5.74, 6) is 1.73. The summed E-state index contributed by atoms with van der Waals surface area (Å²) in [6.07, 6.45) is 1.92. The van der Waals surface area contributed by atoms with Crippen LogP contribution in [0.2, 0.25) is 0 Å². The van der Waals surface area contributed by atoms with Crippen molar-refractivity contribution < 1.29 is 14.3 Å². The van der Waals surface area contributed by atoms with Crippen molar-refractivity contribution in [3.05, 3.63) is 95.1 Å². The summed E-state index contributed by atoms with van der Waals surface area (Å²) in [7, 11) is 1.67. The average Bonchev–Trinajstić information content (AvgIpc) is 3.24. The molecular weight excluding hydrogens is 400 g/mol. The second-order valence-electron chi connectivity index (χ2n) is 8.31. The molecule has 1 aliphatic carbocycles. The molecule has 0 fully saturated rings. The van der Waals surface area contributed by atoms with Gasteiger partial charge in [-0.05, 0) is 53.8 Å². The van der Waals surface area contributed by atoms with Crippen LogP contribution in [0.5, 0.6) is 11.5 Å². The third-order valence-corrected chi connectivity index (χ3v) is 6.32. The Hall–Kier alpha value is -3.60. The molecule has 1 heterocycles. The highest BCUT2D eigenvalue weighted by atomic mass is 16.5. The number of rotatable bonds is 5. The van der Waals surface area contributed by atoms with Gasteiger partial charge in [0, 0.05) is 18.4 Å². The zero-order valence-electron chi connectivity index (χ0n) is 18.3. The number of fused-ring (bicyclic) bond motifs is 3. The SMILES string of the molecule is COc1ccc2c(c1)C1=NN(C(C)=O)[C@@H](c3ccc(OCc4ccccc4)cc3)[C@@H]1CC2. The summed E-state index contributed by atoms with van der Waals surface area (Å²) in [6.45, 7) is 2.11. The summed E-state index contributed by atoms with van der Waals surface area (Å²) < 4.78 is 11.4. The molecule has 5 nitrogen and oxygen atoms in total. The lowest BCUT2D eigenvalue weighted by atomic mass is 9.77. The van der Waals surface area contributed by atoms with E-state index in [4.69, 9.17) is 14.6 Å². The van der Waals surface area contributed by atoms with Gasteiger partial charge in [0.2, 0.25) is 5.91 Å². The summed E-state index contributed by atoms with van der Waals surface area (Å²) in [5.41, 5.74) is 5.54. The van der Waals surface area contributed by atoms with Crippen molar-refractivity contribution in [1.29, 1.82) is 0 Å². The van der Waals surface area contributed by atoms with Crippen LogP contribution in [0.15, 0.2) is 77.9 Å². The molecule has 3 aromatic rings. The zero-order valence-corrected chi connectivity index (χ0v) is 18.3. The second kappa shape index (κ2) is 8.50. The molecular formula is C27H26N2O3. The van der Waals surface area contributed by atoms with Crippen molar-refractivity contribution in [1.82, 2.24) is 5.01 Å². The minimum Gasteiger partial charge on any atom is -0.497 e. The van der Waals surface area contributed by atoms with Gasteiger partial charge in [-0.1, -0.05) is 48.5 Å². The minimum atomic E-state index is -0.106. The van der Waals surface area contributed by atoms with Crippen LogP contribution < -0.4 is 9.47 Å². The molecule has 0 radical (unpaired) electrons. The molecule has 1 aliphatic heterocycles. The molecule has 1 amide bonds. The van der Waals surface area contributed by atoms with Gasteiger partial charge >= 0.3 is 0 Å². The molecule has 162 valence electrons. The lowest BCUT2D eigenvalue weighted by molar-refractivity contribution is -0.131. The molecule has 0 bridgehead atoms. The Balaban J connectivity index is 1.40. The van der Waals surface area contributed by atoms with Gasteiger partial charge in [0.15, 0.2) is 0 Å². The van der Waals surface area contributed by atoms with Gasteiger partial charge in [0.05, 0.1) is 18.9 Å². The second-order valence-corrected chi connectivity index (χ2v) is 8.31. The summed E-state index contributed by atoms with van der Waals surface area (Å²) in [5, 5.41) is 6.44. The number of amides is 1. The topological polar surface area (TPSA) is 51.1 Å². The summed E-state index contributed by atoms with van der Waals surface area (Å²) in [6, 6.07) is 24.2. The van der Waals surface area contributed by atoms with Crippen LogP contribution in [0.3, 0.4) is 0 Å². The van der Waals surface area contributed by atoms with Crippen LogP contribution in [-0.4, -0.2) is 23.7 Å². The van der Waals surface area contributed by atoms with E-state index in [9.17, 15) is 4.79 Å². The molecule has 2 aliphatic rings. The number of carbonyl (C=O) groups excluding carboxylic acids is 1. The fraction of sp³-hybridized carbons (Fsp3) is 0.259. The number of nitrogens with zero attached hydrogens (tertiary/aromatic N) is 2. The van der Waals surface area contributed by atoms with Gasteiger partial charge in [0.1, 0.15) is 18.1 Å². The van der Waals surface area contributed by atoms with Gasteiger partial charge in [-0.15, -0.1) is 0 Å². The summed E-state index contributed by atoms with van der Waals surface area (Å²) >= 11 is 0. The van der Waals surface area contributed by atoms with E-state index in [-0.39, 0.29) is 17.9 Å². The Morgan fingerprint density at radius 2 is 1.78 bits per heavy atom. The van der Waals surface area contributed by atoms with Crippen LogP contribution in [0.4, 0.5) is 0 Å². The van der Waals surface area contributed by atoms with E-state index in [1.165, 1.54) is 5.56 Å². The number of hydrazone groups is 1. The van der Waals surface area contributed by atoms with E-state index >= 15 is 0 Å². The van der Waals surface area contributed by atoms with Crippen LogP contribution in [0.1, 0.15) is 41.6 Å². The number of carbonyl (C=O) groups is 1. The van der Waals surface area contributed by atoms with E-state index in [2.05, 4.69) is 18.2 Å². The quantitative estimate of drug-likeness (QED) is 0.567. The molecule has 0 spiro atoms. The highest BCUT2D eigenvalue weighted by Crippen LogP contribution is 2.44. The first-order chi connectivity index (χ1) is 15.6. The molecule has 0 saturated heterocycles. The number of hydrogen-bond donors (Lipinski definition) is 0. The predicted molar refractivity (Wildman–Crippen MR) is 124 cm³/mol. The maximum atomic E-state index is 12.5. The number of hydrogen-bond acceptors (Lipinski definition) is 4. The van der Waals surface area contributed by atoms with Gasteiger partial charge in [-0.3, -0.25) is 4.79 Å². The van der Waals surface area contributed by atoms with Gasteiger partial charge in [0.25, 0.3) is 0 Å². The van der Waals surface area contributed by atoms with Gasteiger partial charge < -0.3 is 9.47 Å². The van der Waals surface area contributed by atoms with Crippen molar-refractivity contribution >= 4 is 11.6 Å². The molecule has 0 saturated carbocycles. The standard InChI is InChI=1S/C27H26N2O3/c1-18(30)29-27(21-9-12-22(13-10-21)32-17-19-6-4-3-5-7-19)24-15-11-20-8-14-23(31-2)16-25(20)26(24)28-29/h3-10,12-14,16,24,27H,11,15,17H2,1-2H3/t24-,27+/m1/s1. The van der Waals surface area contributed by atoms with E-state index < -0.39 is 0 Å². The maximum absolute atomic E-state index is 12.5. The van der Waals surface area contributed by atoms with Crippen LogP contribution in [0, 0.1) is 5.92 Å². The lowest BCUT2D eigenvalue weighted by Crippen LogP contribution is -2.31. The number of aryl methyl sites for hydroxylation is 1. The minimum absolute atomic E-state index is 0.0502. The highest BCUT2D eigenvalue weighted by molar-refractivity contribution is 6.07. The molecule has 0 aromatic heterocycles. The molecule has 0 unspecified atom stereocenters.